The average Bonchev–Trinajstić information content (AvgIpc) is 2.25. The second-order valence-corrected chi connectivity index (χ2v) is 3.65. The number of hydrogen-bond acceptors (Lipinski definition) is 1. The van der Waals surface area contributed by atoms with Crippen LogP contribution in [-0.4, -0.2) is 26.8 Å². The van der Waals surface area contributed by atoms with Gasteiger partial charge < -0.3 is 0 Å². The van der Waals surface area contributed by atoms with E-state index in [2.05, 4.69) is 55.6 Å². The van der Waals surface area contributed by atoms with Crippen LogP contribution < -0.4 is 0 Å². The number of benzene rings is 1. The molecule has 0 amide bonds. The van der Waals surface area contributed by atoms with Gasteiger partial charge in [-0.2, -0.15) is 0 Å². The van der Waals surface area contributed by atoms with Gasteiger partial charge in [0.2, 0.25) is 0 Å². The Labute approximate surface area is 93.6 Å². The molecule has 0 aromatic heterocycles. The monoisotopic (exact) mass is 253 g/mol. The summed E-state index contributed by atoms with van der Waals surface area (Å²) in [6.45, 7) is 0.905. The molecule has 1 nitrogen and oxygen atoms in total. The molecule has 0 heterocycles. The number of aliphatic imine (C=N–C) groups is 1. The van der Waals surface area contributed by atoms with E-state index in [-0.39, 0.29) is 0 Å². The van der Waals surface area contributed by atoms with Crippen LogP contribution in [0.5, 0.6) is 0 Å². The van der Waals surface area contributed by atoms with Gasteiger partial charge in [-0.25, -0.2) is 0 Å². The molecule has 0 atom stereocenters. The molecule has 0 N–H and O–H groups in total. The summed E-state index contributed by atoms with van der Waals surface area (Å²) >= 11 is 2.64. The molecule has 0 aliphatic heterocycles. The van der Waals surface area contributed by atoms with Crippen molar-refractivity contribution in [2.24, 2.45) is 4.99 Å². The van der Waals surface area contributed by atoms with E-state index in [1.165, 1.54) is 31.2 Å². The van der Waals surface area contributed by atoms with Gasteiger partial charge in [-0.05, 0) is 0 Å². The number of unbranched alkanes of at least 4 members (excludes halogenated alkanes) is 2. The van der Waals surface area contributed by atoms with Crippen LogP contribution in [0, 0.1) is 0 Å². The number of rotatable bonds is 6. The van der Waals surface area contributed by atoms with Crippen LogP contribution in [0.2, 0.25) is 0 Å². The predicted molar refractivity (Wildman–Crippen MR) is 62.1 cm³/mol. The zero-order valence-electron chi connectivity index (χ0n) is 8.28. The molecule has 0 unspecified atom stereocenters. The van der Waals surface area contributed by atoms with Gasteiger partial charge in [-0.1, -0.05) is 0 Å². The Hall–Kier alpha value is -0.681. The fourth-order valence-corrected chi connectivity index (χ4v) is 1.58. The molecule has 0 aliphatic carbocycles. The van der Waals surface area contributed by atoms with Gasteiger partial charge in [0.15, 0.2) is 0 Å². The molecule has 1 aromatic rings. The normalized spacial score (nSPS) is 9.43. The van der Waals surface area contributed by atoms with Crippen molar-refractivity contribution in [3.05, 3.63) is 35.9 Å². The van der Waals surface area contributed by atoms with Crippen molar-refractivity contribution in [3.63, 3.8) is 0 Å². The Morgan fingerprint density at radius 2 is 1.86 bits per heavy atom. The zero-order valence-corrected chi connectivity index (χ0v) is 9.99. The molecule has 2 heteroatoms. The minimum absolute atomic E-state index is 0.905. The van der Waals surface area contributed by atoms with E-state index in [0.717, 1.165) is 6.54 Å². The summed E-state index contributed by atoms with van der Waals surface area (Å²) in [4.78, 5) is 4.01. The molecule has 74 valence electrons. The maximum atomic E-state index is 4.01. The van der Waals surface area contributed by atoms with Crippen LogP contribution >= 0.6 is 0 Å². The molecule has 14 heavy (non-hydrogen) atoms. The van der Waals surface area contributed by atoms with Crippen LogP contribution in [0.4, 0.5) is 0 Å². The molecule has 0 radical (unpaired) electrons. The summed E-state index contributed by atoms with van der Waals surface area (Å²) in [6, 6.07) is 10.6. The Bertz CT molecular complexity index is 288. The standard InChI is InChI=1S/C12H15NSe/c14-11-13-10-6-2-5-9-12-7-3-1-4-8-12/h1,3-4,7-8H,2,5-6,9-10H2. The van der Waals surface area contributed by atoms with Gasteiger partial charge >= 0.3 is 93.4 Å². The van der Waals surface area contributed by atoms with E-state index in [0.29, 0.717) is 0 Å². The Kier molecular flexibility index (Phi) is 6.27. The van der Waals surface area contributed by atoms with Gasteiger partial charge in [0.05, 0.1) is 0 Å². The van der Waals surface area contributed by atoms with Crippen molar-refractivity contribution >= 4 is 20.3 Å². The Morgan fingerprint density at radius 1 is 1.07 bits per heavy atom. The summed E-state index contributed by atoms with van der Waals surface area (Å²) in [7, 11) is 0. The second kappa shape index (κ2) is 7.70. The topological polar surface area (TPSA) is 12.4 Å². The molecule has 1 aromatic carbocycles. The average molecular weight is 252 g/mol. The zero-order chi connectivity index (χ0) is 10.1. The first-order chi connectivity index (χ1) is 6.93. The van der Waals surface area contributed by atoms with Gasteiger partial charge in [-0.15, -0.1) is 0 Å². The van der Waals surface area contributed by atoms with Crippen molar-refractivity contribution in [2.45, 2.75) is 25.7 Å². The SMILES string of the molecule is [Se]=C=NCCCCCc1ccccc1. The van der Waals surface area contributed by atoms with Gasteiger partial charge in [0.1, 0.15) is 0 Å². The fraction of sp³-hybridized carbons (Fsp3) is 0.417. The van der Waals surface area contributed by atoms with Crippen LogP contribution in [0.15, 0.2) is 35.3 Å². The quantitative estimate of drug-likeness (QED) is 0.419. The Morgan fingerprint density at radius 3 is 2.57 bits per heavy atom. The van der Waals surface area contributed by atoms with Crippen molar-refractivity contribution in [1.82, 2.24) is 0 Å². The van der Waals surface area contributed by atoms with Crippen LogP contribution in [-0.2, 0) is 6.42 Å². The van der Waals surface area contributed by atoms with E-state index in [4.69, 9.17) is 0 Å². The first kappa shape index (κ1) is 11.4. The molecule has 0 saturated heterocycles. The van der Waals surface area contributed by atoms with Crippen molar-refractivity contribution in [1.29, 1.82) is 0 Å². The molecular formula is C12H15NSe. The number of nitrogens with zero attached hydrogens (tertiary/aromatic N) is 1. The number of aryl methyl sites for hydroxylation is 1. The Balaban J connectivity index is 2.07. The minimum atomic E-state index is 0.905. The summed E-state index contributed by atoms with van der Waals surface area (Å²) in [5.41, 5.74) is 1.44. The summed E-state index contributed by atoms with van der Waals surface area (Å²) in [6.07, 6.45) is 4.86. The molecule has 0 spiro atoms. The van der Waals surface area contributed by atoms with Crippen molar-refractivity contribution in [2.75, 3.05) is 6.54 Å². The van der Waals surface area contributed by atoms with E-state index in [9.17, 15) is 0 Å². The molecule has 0 saturated carbocycles. The third-order valence-electron chi connectivity index (χ3n) is 2.14. The first-order valence-electron chi connectivity index (χ1n) is 5.01. The summed E-state index contributed by atoms with van der Waals surface area (Å²) in [5.74, 6) is 0. The van der Waals surface area contributed by atoms with Crippen LogP contribution in [0.25, 0.3) is 0 Å². The third kappa shape index (κ3) is 5.14. The summed E-state index contributed by atoms with van der Waals surface area (Å²) in [5, 5.41) is 0. The summed E-state index contributed by atoms with van der Waals surface area (Å²) < 4.78 is 2.68. The van der Waals surface area contributed by atoms with Gasteiger partial charge in [-0.3, -0.25) is 0 Å². The van der Waals surface area contributed by atoms with E-state index >= 15 is 0 Å². The third-order valence-corrected chi connectivity index (χ3v) is 2.41. The van der Waals surface area contributed by atoms with E-state index in [1.807, 2.05) is 0 Å². The molecule has 0 aliphatic rings. The molecular weight excluding hydrogens is 237 g/mol. The second-order valence-electron chi connectivity index (χ2n) is 3.27. The maximum absolute atomic E-state index is 4.01. The van der Waals surface area contributed by atoms with Crippen LogP contribution in [0.3, 0.4) is 0 Å². The first-order valence-corrected chi connectivity index (χ1v) is 5.86. The van der Waals surface area contributed by atoms with Gasteiger partial charge in [0.25, 0.3) is 0 Å². The fourth-order valence-electron chi connectivity index (χ4n) is 1.39. The van der Waals surface area contributed by atoms with Crippen molar-refractivity contribution in [3.8, 4) is 0 Å². The van der Waals surface area contributed by atoms with Crippen molar-refractivity contribution < 1.29 is 0 Å². The van der Waals surface area contributed by atoms with Gasteiger partial charge in [0, 0.05) is 0 Å². The molecule has 1 rings (SSSR count). The number of hydrogen-bond donors (Lipinski definition) is 0. The van der Waals surface area contributed by atoms with Crippen LogP contribution in [0.1, 0.15) is 24.8 Å². The van der Waals surface area contributed by atoms with E-state index < -0.39 is 0 Å². The predicted octanol–water partition coefficient (Wildman–Crippen LogP) is 2.47. The molecule has 0 bridgehead atoms. The van der Waals surface area contributed by atoms with E-state index in [1.54, 1.807) is 0 Å². The molecule has 0 fully saturated rings.